The molecule has 2 rings (SSSR count). The van der Waals surface area contributed by atoms with Crippen LogP contribution in [0.25, 0.3) is 5.69 Å². The average Bonchev–Trinajstić information content (AvgIpc) is 2.66. The summed E-state index contributed by atoms with van der Waals surface area (Å²) in [5.74, 6) is 0.801. The molecule has 0 spiro atoms. The van der Waals surface area contributed by atoms with Gasteiger partial charge in [-0.1, -0.05) is 12.1 Å². The number of carboxylic acid groups (broad SMARTS) is 1. The highest BCUT2D eigenvalue weighted by Gasteiger charge is 2.05. The first kappa shape index (κ1) is 12.3. The highest BCUT2D eigenvalue weighted by Crippen LogP contribution is 2.12. The zero-order chi connectivity index (χ0) is 13.1. The summed E-state index contributed by atoms with van der Waals surface area (Å²) in [7, 11) is 0. The molecule has 5 heteroatoms. The second-order valence-corrected chi connectivity index (χ2v) is 4.18. The molecule has 0 fully saturated rings. The van der Waals surface area contributed by atoms with Crippen LogP contribution in [0.15, 0.2) is 24.3 Å². The van der Waals surface area contributed by atoms with Gasteiger partial charge in [0.1, 0.15) is 11.6 Å². The van der Waals surface area contributed by atoms with Gasteiger partial charge in [-0.3, -0.25) is 4.79 Å². The first-order valence-corrected chi connectivity index (χ1v) is 5.77. The summed E-state index contributed by atoms with van der Waals surface area (Å²) >= 11 is 0. The van der Waals surface area contributed by atoms with Gasteiger partial charge in [0.15, 0.2) is 0 Å². The molecule has 2 aromatic rings. The molecule has 1 heterocycles. The Morgan fingerprint density at radius 3 is 2.44 bits per heavy atom. The Hall–Kier alpha value is -2.17. The Labute approximate surface area is 105 Å². The number of hydrogen-bond donors (Lipinski definition) is 1. The van der Waals surface area contributed by atoms with E-state index >= 15 is 0 Å². The molecule has 1 N–H and O–H groups in total. The van der Waals surface area contributed by atoms with Gasteiger partial charge >= 0.3 is 5.97 Å². The van der Waals surface area contributed by atoms with Gasteiger partial charge in [0, 0.05) is 6.42 Å². The molecule has 0 aliphatic carbocycles. The maximum absolute atomic E-state index is 10.5. The van der Waals surface area contributed by atoms with Crippen molar-refractivity contribution in [3.63, 3.8) is 0 Å². The lowest BCUT2D eigenvalue weighted by Crippen LogP contribution is -2.00. The highest BCUT2D eigenvalue weighted by atomic mass is 16.4. The zero-order valence-electron chi connectivity index (χ0n) is 10.4. The number of aromatic nitrogens is 3. The maximum Gasteiger partial charge on any atom is 0.303 e. The quantitative estimate of drug-likeness (QED) is 0.893. The Balaban J connectivity index is 2.17. The van der Waals surface area contributed by atoms with Gasteiger partial charge in [-0.15, -0.1) is 0 Å². The van der Waals surface area contributed by atoms with E-state index in [2.05, 4.69) is 10.1 Å². The molecule has 0 aliphatic rings. The van der Waals surface area contributed by atoms with Crippen LogP contribution in [0.3, 0.4) is 0 Å². The van der Waals surface area contributed by atoms with E-state index in [1.54, 1.807) is 4.68 Å². The number of carbonyl (C=O) groups is 1. The van der Waals surface area contributed by atoms with Gasteiger partial charge in [0.2, 0.25) is 0 Å². The van der Waals surface area contributed by atoms with Gasteiger partial charge in [-0.05, 0) is 38.0 Å². The standard InChI is InChI=1S/C13H15N3O2/c1-9-14-10(2)16(15-9)12-6-3-11(4-7-12)5-8-13(17)18/h3-4,6-7H,5,8H2,1-2H3,(H,17,18). The molecule has 1 aromatic carbocycles. The van der Waals surface area contributed by atoms with Gasteiger partial charge in [0.25, 0.3) is 0 Å². The average molecular weight is 245 g/mol. The molecule has 18 heavy (non-hydrogen) atoms. The van der Waals surface area contributed by atoms with Crippen molar-refractivity contribution in [3.8, 4) is 5.69 Å². The van der Waals surface area contributed by atoms with Crippen molar-refractivity contribution in [1.82, 2.24) is 14.8 Å². The summed E-state index contributed by atoms with van der Waals surface area (Å²) in [4.78, 5) is 14.7. The van der Waals surface area contributed by atoms with E-state index < -0.39 is 5.97 Å². The topological polar surface area (TPSA) is 68.0 Å². The fourth-order valence-electron chi connectivity index (χ4n) is 1.82. The molecule has 0 radical (unpaired) electrons. The molecular formula is C13H15N3O2. The molecule has 0 aliphatic heterocycles. The second-order valence-electron chi connectivity index (χ2n) is 4.18. The number of aliphatic carboxylic acids is 1. The molecule has 0 saturated heterocycles. The van der Waals surface area contributed by atoms with Crippen LogP contribution in [-0.2, 0) is 11.2 Å². The van der Waals surface area contributed by atoms with Crippen LogP contribution >= 0.6 is 0 Å². The monoisotopic (exact) mass is 245 g/mol. The predicted octanol–water partition coefficient (Wildman–Crippen LogP) is 1.90. The van der Waals surface area contributed by atoms with Crippen molar-refractivity contribution in [1.29, 1.82) is 0 Å². The van der Waals surface area contributed by atoms with E-state index in [1.807, 2.05) is 38.1 Å². The van der Waals surface area contributed by atoms with Crippen LogP contribution in [0.2, 0.25) is 0 Å². The molecule has 0 saturated carbocycles. The minimum absolute atomic E-state index is 0.154. The number of rotatable bonds is 4. The Morgan fingerprint density at radius 1 is 1.28 bits per heavy atom. The van der Waals surface area contributed by atoms with Crippen molar-refractivity contribution in [3.05, 3.63) is 41.5 Å². The smallest absolute Gasteiger partial charge is 0.303 e. The summed E-state index contributed by atoms with van der Waals surface area (Å²) < 4.78 is 1.77. The number of aryl methyl sites for hydroxylation is 3. The minimum atomic E-state index is -0.776. The van der Waals surface area contributed by atoms with Crippen LogP contribution < -0.4 is 0 Å². The molecule has 0 unspecified atom stereocenters. The zero-order valence-corrected chi connectivity index (χ0v) is 10.4. The van der Waals surface area contributed by atoms with E-state index in [1.165, 1.54) is 0 Å². The van der Waals surface area contributed by atoms with Crippen molar-refractivity contribution in [2.45, 2.75) is 26.7 Å². The third kappa shape index (κ3) is 2.74. The predicted molar refractivity (Wildman–Crippen MR) is 66.8 cm³/mol. The van der Waals surface area contributed by atoms with Crippen LogP contribution in [0, 0.1) is 13.8 Å². The van der Waals surface area contributed by atoms with E-state index in [9.17, 15) is 4.79 Å². The van der Waals surface area contributed by atoms with Crippen molar-refractivity contribution >= 4 is 5.97 Å². The van der Waals surface area contributed by atoms with E-state index in [-0.39, 0.29) is 6.42 Å². The molecule has 1 aromatic heterocycles. The summed E-state index contributed by atoms with van der Waals surface area (Å²) in [5, 5.41) is 12.9. The lowest BCUT2D eigenvalue weighted by atomic mass is 10.1. The third-order valence-electron chi connectivity index (χ3n) is 2.68. The Bertz CT molecular complexity index is 558. The highest BCUT2D eigenvalue weighted by molar-refractivity contribution is 5.67. The second kappa shape index (κ2) is 5.00. The number of hydrogen-bond acceptors (Lipinski definition) is 3. The summed E-state index contributed by atoms with van der Waals surface area (Å²) in [6.07, 6.45) is 0.700. The molecule has 5 nitrogen and oxygen atoms in total. The summed E-state index contributed by atoms with van der Waals surface area (Å²) in [5.41, 5.74) is 1.95. The molecule has 0 amide bonds. The van der Waals surface area contributed by atoms with Gasteiger partial charge < -0.3 is 5.11 Å². The minimum Gasteiger partial charge on any atom is -0.481 e. The number of benzene rings is 1. The third-order valence-corrected chi connectivity index (χ3v) is 2.68. The maximum atomic E-state index is 10.5. The van der Waals surface area contributed by atoms with E-state index in [0.29, 0.717) is 6.42 Å². The van der Waals surface area contributed by atoms with Crippen LogP contribution in [-0.4, -0.2) is 25.8 Å². The molecule has 94 valence electrons. The summed E-state index contributed by atoms with van der Waals surface area (Å²) in [6, 6.07) is 7.71. The van der Waals surface area contributed by atoms with Crippen LogP contribution in [0.1, 0.15) is 23.6 Å². The van der Waals surface area contributed by atoms with Gasteiger partial charge in [0.05, 0.1) is 5.69 Å². The van der Waals surface area contributed by atoms with Gasteiger partial charge in [-0.2, -0.15) is 5.10 Å². The number of nitrogens with zero attached hydrogens (tertiary/aromatic N) is 3. The molecule has 0 atom stereocenters. The fraction of sp³-hybridized carbons (Fsp3) is 0.308. The number of carboxylic acids is 1. The van der Waals surface area contributed by atoms with E-state index in [0.717, 1.165) is 22.9 Å². The van der Waals surface area contributed by atoms with Crippen molar-refractivity contribution in [2.24, 2.45) is 0 Å². The van der Waals surface area contributed by atoms with Crippen molar-refractivity contribution in [2.75, 3.05) is 0 Å². The SMILES string of the molecule is Cc1nc(C)n(-c2ccc(CCC(=O)O)cc2)n1. The largest absolute Gasteiger partial charge is 0.481 e. The summed E-state index contributed by atoms with van der Waals surface area (Å²) in [6.45, 7) is 3.75. The first-order chi connectivity index (χ1) is 8.56. The lowest BCUT2D eigenvalue weighted by Gasteiger charge is -2.04. The first-order valence-electron chi connectivity index (χ1n) is 5.77. The van der Waals surface area contributed by atoms with Crippen LogP contribution in [0.5, 0.6) is 0 Å². The normalized spacial score (nSPS) is 10.6. The van der Waals surface area contributed by atoms with Gasteiger partial charge in [-0.25, -0.2) is 9.67 Å². The Morgan fingerprint density at radius 2 is 1.94 bits per heavy atom. The fourth-order valence-corrected chi connectivity index (χ4v) is 1.82. The Kier molecular flexibility index (Phi) is 3.41. The van der Waals surface area contributed by atoms with Crippen LogP contribution in [0.4, 0.5) is 0 Å². The van der Waals surface area contributed by atoms with Crippen molar-refractivity contribution < 1.29 is 9.90 Å². The van der Waals surface area contributed by atoms with E-state index in [4.69, 9.17) is 5.11 Å². The molecule has 0 bridgehead atoms. The lowest BCUT2D eigenvalue weighted by molar-refractivity contribution is -0.136. The molecular weight excluding hydrogens is 230 g/mol.